The van der Waals surface area contributed by atoms with Crippen molar-refractivity contribution in [1.82, 2.24) is 25.2 Å². The monoisotopic (exact) mass is 536 g/mol. The van der Waals surface area contributed by atoms with E-state index in [2.05, 4.69) is 54.8 Å². The second kappa shape index (κ2) is 13.3. The summed E-state index contributed by atoms with van der Waals surface area (Å²) in [6, 6.07) is 23.5. The van der Waals surface area contributed by atoms with Gasteiger partial charge in [-0.2, -0.15) is 5.21 Å². The number of hydrogen-bond acceptors (Lipinski definition) is 6. The van der Waals surface area contributed by atoms with E-state index in [1.165, 1.54) is 5.56 Å². The van der Waals surface area contributed by atoms with Crippen LogP contribution in [0.1, 0.15) is 53.0 Å². The topological polar surface area (TPSA) is 115 Å². The second-order valence-corrected chi connectivity index (χ2v) is 9.63. The Balaban J connectivity index is 1.24. The number of carbonyl (C=O) groups excluding carboxylic acids is 2. The standard InChI is InChI=1S/C31H32N6O3/c38-19-6-5-18-37-22-25(21-29-33-35-36-34-29)30-27(12-8-13-28(30)37)32-31(39)24-14-16-26(17-15-24)40-20-7-4-11-23-9-2-1-3-10-23/h1-3,8-10,12-17,19,22H,4-7,11,18,20-21H2,(H,32,39)(H,33,34,35,36). The molecule has 0 saturated heterocycles. The fourth-order valence-electron chi connectivity index (χ4n) is 4.80. The summed E-state index contributed by atoms with van der Waals surface area (Å²) in [6.07, 6.45) is 7.70. The molecule has 3 aromatic carbocycles. The van der Waals surface area contributed by atoms with Crippen LogP contribution in [0.5, 0.6) is 5.75 Å². The van der Waals surface area contributed by atoms with Crippen molar-refractivity contribution in [1.29, 1.82) is 0 Å². The highest BCUT2D eigenvalue weighted by atomic mass is 16.5. The summed E-state index contributed by atoms with van der Waals surface area (Å²) < 4.78 is 7.99. The number of nitrogens with one attached hydrogen (secondary N) is 2. The van der Waals surface area contributed by atoms with Crippen molar-refractivity contribution >= 4 is 28.8 Å². The fraction of sp³-hybridized carbons (Fsp3) is 0.258. The largest absolute Gasteiger partial charge is 0.494 e. The number of nitrogens with zero attached hydrogens (tertiary/aromatic N) is 4. The van der Waals surface area contributed by atoms with Gasteiger partial charge in [0.05, 0.1) is 17.8 Å². The summed E-state index contributed by atoms with van der Waals surface area (Å²) in [5.74, 6) is 1.10. The number of ether oxygens (including phenoxy) is 1. The number of aryl methyl sites for hydroxylation is 2. The molecule has 1 amide bonds. The smallest absolute Gasteiger partial charge is 0.255 e. The highest BCUT2D eigenvalue weighted by Crippen LogP contribution is 2.31. The van der Waals surface area contributed by atoms with Crippen molar-refractivity contribution in [2.75, 3.05) is 11.9 Å². The van der Waals surface area contributed by atoms with Crippen molar-refractivity contribution in [3.05, 3.63) is 102 Å². The van der Waals surface area contributed by atoms with E-state index in [4.69, 9.17) is 4.74 Å². The number of H-pyrrole nitrogens is 1. The highest BCUT2D eigenvalue weighted by Gasteiger charge is 2.17. The first-order valence-corrected chi connectivity index (χ1v) is 13.6. The van der Waals surface area contributed by atoms with Gasteiger partial charge in [-0.15, -0.1) is 10.2 Å². The summed E-state index contributed by atoms with van der Waals surface area (Å²) in [7, 11) is 0. The number of aromatic amines is 1. The Morgan fingerprint density at radius 2 is 1.82 bits per heavy atom. The molecule has 9 nitrogen and oxygen atoms in total. The molecule has 2 N–H and O–H groups in total. The molecule has 0 aliphatic heterocycles. The number of anilines is 1. The van der Waals surface area contributed by atoms with Crippen LogP contribution in [0.4, 0.5) is 5.69 Å². The lowest BCUT2D eigenvalue weighted by atomic mass is 10.1. The van der Waals surface area contributed by atoms with Gasteiger partial charge in [-0.1, -0.05) is 41.6 Å². The summed E-state index contributed by atoms with van der Waals surface area (Å²) in [5, 5.41) is 18.3. The number of unbranched alkanes of at least 4 members (excludes halogenated alkanes) is 2. The number of aromatic nitrogens is 5. The third kappa shape index (κ3) is 6.79. The number of hydrogen-bond donors (Lipinski definition) is 2. The number of amides is 1. The number of benzene rings is 3. The zero-order valence-corrected chi connectivity index (χ0v) is 22.3. The van der Waals surface area contributed by atoms with Gasteiger partial charge in [0.15, 0.2) is 5.82 Å². The molecule has 2 heterocycles. The van der Waals surface area contributed by atoms with E-state index in [0.717, 1.165) is 54.2 Å². The molecule has 0 radical (unpaired) electrons. The molecule has 0 spiro atoms. The van der Waals surface area contributed by atoms with Gasteiger partial charge < -0.3 is 19.4 Å². The average molecular weight is 537 g/mol. The molecule has 0 aliphatic carbocycles. The van der Waals surface area contributed by atoms with Gasteiger partial charge in [0.1, 0.15) is 12.0 Å². The van der Waals surface area contributed by atoms with Crippen LogP contribution in [-0.2, 0) is 24.2 Å². The molecule has 5 aromatic rings. The molecule has 0 bridgehead atoms. The molecule has 2 aromatic heterocycles. The fourth-order valence-corrected chi connectivity index (χ4v) is 4.80. The number of rotatable bonds is 14. The molecule has 0 aliphatic rings. The van der Waals surface area contributed by atoms with Gasteiger partial charge in [-0.25, -0.2) is 0 Å². The first kappa shape index (κ1) is 26.8. The molecule has 0 atom stereocenters. The normalized spacial score (nSPS) is 11.0. The van der Waals surface area contributed by atoms with Gasteiger partial charge in [-0.3, -0.25) is 4.79 Å². The predicted octanol–water partition coefficient (Wildman–Crippen LogP) is 5.38. The van der Waals surface area contributed by atoms with Crippen molar-refractivity contribution in [3.63, 3.8) is 0 Å². The Morgan fingerprint density at radius 3 is 2.60 bits per heavy atom. The van der Waals surface area contributed by atoms with Crippen LogP contribution in [-0.4, -0.2) is 44.0 Å². The van der Waals surface area contributed by atoms with E-state index in [9.17, 15) is 9.59 Å². The number of carbonyl (C=O) groups is 2. The van der Waals surface area contributed by atoms with E-state index in [0.29, 0.717) is 43.1 Å². The van der Waals surface area contributed by atoms with Gasteiger partial charge in [0, 0.05) is 36.5 Å². The van der Waals surface area contributed by atoms with Crippen molar-refractivity contribution in [2.45, 2.75) is 45.1 Å². The maximum Gasteiger partial charge on any atom is 0.255 e. The quantitative estimate of drug-likeness (QED) is 0.146. The van der Waals surface area contributed by atoms with Crippen LogP contribution in [0, 0.1) is 0 Å². The Bertz CT molecular complexity index is 1530. The average Bonchev–Trinajstić information content (AvgIpc) is 3.63. The van der Waals surface area contributed by atoms with Crippen molar-refractivity contribution < 1.29 is 14.3 Å². The van der Waals surface area contributed by atoms with Gasteiger partial charge in [-0.05, 0) is 73.2 Å². The molecule has 0 fully saturated rings. The Hall–Kier alpha value is -4.79. The molecule has 9 heteroatoms. The molecule has 5 rings (SSSR count). The first-order chi connectivity index (χ1) is 19.7. The van der Waals surface area contributed by atoms with Crippen LogP contribution in [0.3, 0.4) is 0 Å². The molecule has 0 unspecified atom stereocenters. The lowest BCUT2D eigenvalue weighted by molar-refractivity contribution is -0.107. The van der Waals surface area contributed by atoms with Crippen LogP contribution in [0.15, 0.2) is 79.0 Å². The van der Waals surface area contributed by atoms with Crippen LogP contribution in [0.2, 0.25) is 0 Å². The van der Waals surface area contributed by atoms with E-state index < -0.39 is 0 Å². The number of fused-ring (bicyclic) bond motifs is 1. The van der Waals surface area contributed by atoms with E-state index in [-0.39, 0.29) is 5.91 Å². The SMILES string of the molecule is O=CCCCn1cc(Cc2nn[nH]n2)c2c(NC(=O)c3ccc(OCCCCc4ccccc4)cc3)cccc21. The van der Waals surface area contributed by atoms with E-state index in [1.807, 2.05) is 42.6 Å². The minimum absolute atomic E-state index is 0.207. The maximum atomic E-state index is 13.2. The number of tetrazole rings is 1. The van der Waals surface area contributed by atoms with Crippen LogP contribution >= 0.6 is 0 Å². The van der Waals surface area contributed by atoms with Crippen molar-refractivity contribution in [2.24, 2.45) is 0 Å². The predicted molar refractivity (Wildman–Crippen MR) is 153 cm³/mol. The summed E-state index contributed by atoms with van der Waals surface area (Å²) in [5.41, 5.74) is 4.52. The number of aldehydes is 1. The van der Waals surface area contributed by atoms with Crippen LogP contribution < -0.4 is 10.1 Å². The van der Waals surface area contributed by atoms with Gasteiger partial charge in [0.25, 0.3) is 5.91 Å². The van der Waals surface area contributed by atoms with E-state index >= 15 is 0 Å². The molecular formula is C31H32N6O3. The van der Waals surface area contributed by atoms with Crippen molar-refractivity contribution in [3.8, 4) is 5.75 Å². The maximum absolute atomic E-state index is 13.2. The Kier molecular flexibility index (Phi) is 8.93. The Labute approximate surface area is 232 Å². The highest BCUT2D eigenvalue weighted by molar-refractivity contribution is 6.09. The van der Waals surface area contributed by atoms with Gasteiger partial charge >= 0.3 is 0 Å². The van der Waals surface area contributed by atoms with Gasteiger partial charge in [0.2, 0.25) is 0 Å². The third-order valence-electron chi connectivity index (χ3n) is 6.78. The van der Waals surface area contributed by atoms with E-state index in [1.54, 1.807) is 12.1 Å². The van der Waals surface area contributed by atoms with Crippen LogP contribution in [0.25, 0.3) is 10.9 Å². The third-order valence-corrected chi connectivity index (χ3v) is 6.78. The molecule has 40 heavy (non-hydrogen) atoms. The first-order valence-electron chi connectivity index (χ1n) is 13.6. The lowest BCUT2D eigenvalue weighted by Crippen LogP contribution is -2.12. The summed E-state index contributed by atoms with van der Waals surface area (Å²) in [6.45, 7) is 1.32. The minimum Gasteiger partial charge on any atom is -0.494 e. The molecule has 0 saturated carbocycles. The summed E-state index contributed by atoms with van der Waals surface area (Å²) in [4.78, 5) is 24.1. The zero-order valence-electron chi connectivity index (χ0n) is 22.3. The molecular weight excluding hydrogens is 504 g/mol. The Morgan fingerprint density at radius 1 is 0.975 bits per heavy atom. The minimum atomic E-state index is -0.207. The zero-order chi connectivity index (χ0) is 27.6. The summed E-state index contributed by atoms with van der Waals surface area (Å²) >= 11 is 0. The lowest BCUT2D eigenvalue weighted by Gasteiger charge is -2.10. The second-order valence-electron chi connectivity index (χ2n) is 9.63. The molecule has 204 valence electrons.